The second-order valence-corrected chi connectivity index (χ2v) is 11.6. The molecule has 188 valence electrons. The normalized spacial score (nSPS) is 17.1. The molecule has 0 aliphatic heterocycles. The summed E-state index contributed by atoms with van der Waals surface area (Å²) < 4.78 is 34.0. The zero-order chi connectivity index (χ0) is 25.4. The Kier molecular flexibility index (Phi) is 6.66. The highest BCUT2D eigenvalue weighted by atomic mass is 35.5. The van der Waals surface area contributed by atoms with Crippen LogP contribution < -0.4 is 10.3 Å². The molecule has 7 nitrogen and oxygen atoms in total. The van der Waals surface area contributed by atoms with E-state index in [1.165, 1.54) is 12.1 Å². The molecule has 2 aromatic carbocycles. The van der Waals surface area contributed by atoms with Crippen molar-refractivity contribution in [2.45, 2.75) is 55.8 Å². The zero-order valence-electron chi connectivity index (χ0n) is 19.5. The standard InChI is InChI=1S/C27H26ClNO6S/c28-18-7-5-9-20(15-18)36(33,34)29-19-8-4-6-17(14-19)23(16-12-13-16)25-26(31)24-21(30)10-2-1-3-11-22(24)35-27(25)32/h4-9,14-16,23,29,31H,1-3,10-13H2. The van der Waals surface area contributed by atoms with Crippen LogP contribution in [0.3, 0.4) is 0 Å². The molecular formula is C27H26ClNO6S. The van der Waals surface area contributed by atoms with Crippen molar-refractivity contribution in [3.63, 3.8) is 0 Å². The van der Waals surface area contributed by atoms with E-state index in [-0.39, 0.29) is 39.2 Å². The van der Waals surface area contributed by atoms with E-state index in [9.17, 15) is 23.1 Å². The van der Waals surface area contributed by atoms with Crippen molar-refractivity contribution in [3.8, 4) is 5.75 Å². The van der Waals surface area contributed by atoms with Crippen molar-refractivity contribution in [3.05, 3.63) is 86.4 Å². The van der Waals surface area contributed by atoms with Crippen molar-refractivity contribution < 1.29 is 22.7 Å². The minimum absolute atomic E-state index is 0.0256. The molecule has 3 aromatic rings. The van der Waals surface area contributed by atoms with Gasteiger partial charge in [0.25, 0.3) is 10.0 Å². The van der Waals surface area contributed by atoms with Gasteiger partial charge in [-0.15, -0.1) is 0 Å². The number of benzene rings is 2. The molecule has 1 unspecified atom stereocenters. The second kappa shape index (κ2) is 9.75. The highest BCUT2D eigenvalue weighted by Crippen LogP contribution is 2.49. The molecule has 2 aliphatic carbocycles. The van der Waals surface area contributed by atoms with Crippen LogP contribution in [0.15, 0.2) is 62.6 Å². The van der Waals surface area contributed by atoms with Crippen molar-refractivity contribution in [2.75, 3.05) is 4.72 Å². The van der Waals surface area contributed by atoms with Crippen LogP contribution in [0.1, 0.15) is 71.7 Å². The van der Waals surface area contributed by atoms with E-state index in [1.54, 1.807) is 36.4 Å². The van der Waals surface area contributed by atoms with Crippen LogP contribution in [0.4, 0.5) is 5.69 Å². The summed E-state index contributed by atoms with van der Waals surface area (Å²) in [5.74, 6) is -0.719. The van der Waals surface area contributed by atoms with E-state index < -0.39 is 21.6 Å². The third-order valence-corrected chi connectivity index (χ3v) is 8.42. The Hall–Kier alpha value is -3.10. The summed E-state index contributed by atoms with van der Waals surface area (Å²) in [5, 5.41) is 11.5. The van der Waals surface area contributed by atoms with Gasteiger partial charge in [-0.3, -0.25) is 9.52 Å². The van der Waals surface area contributed by atoms with E-state index in [2.05, 4.69) is 4.72 Å². The van der Waals surface area contributed by atoms with Gasteiger partial charge in [-0.05, 0) is 67.5 Å². The van der Waals surface area contributed by atoms with Crippen molar-refractivity contribution in [2.24, 2.45) is 5.92 Å². The SMILES string of the molecule is O=C1CCCCCc2oc(=O)c(C(c3cccc(NS(=O)(=O)c4cccc(Cl)c4)c3)C3CC3)c(O)c21. The predicted octanol–water partition coefficient (Wildman–Crippen LogP) is 5.64. The smallest absolute Gasteiger partial charge is 0.343 e. The van der Waals surface area contributed by atoms with Gasteiger partial charge in [0.15, 0.2) is 5.78 Å². The molecule has 0 spiro atoms. The van der Waals surface area contributed by atoms with Gasteiger partial charge in [0.1, 0.15) is 11.5 Å². The number of hydrogen-bond acceptors (Lipinski definition) is 6. The molecule has 1 saturated carbocycles. The molecule has 0 bridgehead atoms. The minimum Gasteiger partial charge on any atom is -0.506 e. The first-order valence-electron chi connectivity index (χ1n) is 12.0. The number of carbonyl (C=O) groups is 1. The molecule has 5 rings (SSSR count). The number of ketones is 1. The molecule has 1 fully saturated rings. The largest absolute Gasteiger partial charge is 0.506 e. The summed E-state index contributed by atoms with van der Waals surface area (Å²) in [4.78, 5) is 26.0. The number of fused-ring (bicyclic) bond motifs is 1. The van der Waals surface area contributed by atoms with Crippen LogP contribution in [0.25, 0.3) is 0 Å². The number of Topliss-reactive ketones (excluding diaryl/α,β-unsaturated/α-hetero) is 1. The maximum atomic E-state index is 13.1. The Labute approximate surface area is 214 Å². The average molecular weight is 528 g/mol. The van der Waals surface area contributed by atoms with Gasteiger partial charge in [0.2, 0.25) is 0 Å². The fraction of sp³-hybridized carbons (Fsp3) is 0.333. The van der Waals surface area contributed by atoms with Gasteiger partial charge in [-0.25, -0.2) is 13.2 Å². The summed E-state index contributed by atoms with van der Waals surface area (Å²) >= 11 is 5.96. The van der Waals surface area contributed by atoms with Gasteiger partial charge >= 0.3 is 5.63 Å². The number of sulfonamides is 1. The van der Waals surface area contributed by atoms with E-state index >= 15 is 0 Å². The number of rotatable bonds is 6. The predicted molar refractivity (Wildman–Crippen MR) is 136 cm³/mol. The van der Waals surface area contributed by atoms with E-state index in [0.29, 0.717) is 29.1 Å². The second-order valence-electron chi connectivity index (χ2n) is 9.44. The first kappa shape index (κ1) is 24.6. The van der Waals surface area contributed by atoms with Crippen LogP contribution in [-0.2, 0) is 16.4 Å². The summed E-state index contributed by atoms with van der Waals surface area (Å²) in [5.41, 5.74) is 0.503. The fourth-order valence-corrected chi connectivity index (χ4v) is 6.29. The van der Waals surface area contributed by atoms with Gasteiger partial charge in [0.05, 0.1) is 16.0 Å². The number of hydrogen-bond donors (Lipinski definition) is 2. The molecule has 9 heteroatoms. The number of carbonyl (C=O) groups excluding carboxylic acids is 1. The van der Waals surface area contributed by atoms with E-state index in [4.69, 9.17) is 16.0 Å². The van der Waals surface area contributed by atoms with Gasteiger partial charge in [0, 0.05) is 29.5 Å². The molecule has 0 saturated heterocycles. The molecule has 1 atom stereocenters. The molecule has 2 N–H and O–H groups in total. The highest BCUT2D eigenvalue weighted by molar-refractivity contribution is 7.92. The van der Waals surface area contributed by atoms with Crippen LogP contribution in [-0.4, -0.2) is 19.3 Å². The molecule has 0 amide bonds. The first-order chi connectivity index (χ1) is 17.2. The lowest BCUT2D eigenvalue weighted by Gasteiger charge is -2.21. The minimum atomic E-state index is -3.90. The summed E-state index contributed by atoms with van der Waals surface area (Å²) in [6.45, 7) is 0. The van der Waals surface area contributed by atoms with Crippen LogP contribution in [0, 0.1) is 5.92 Å². The van der Waals surface area contributed by atoms with Gasteiger partial charge < -0.3 is 9.52 Å². The monoisotopic (exact) mass is 527 g/mol. The van der Waals surface area contributed by atoms with Crippen molar-refractivity contribution >= 4 is 33.1 Å². The molecule has 1 aromatic heterocycles. The fourth-order valence-electron chi connectivity index (χ4n) is 4.94. The third kappa shape index (κ3) is 4.92. The molecule has 36 heavy (non-hydrogen) atoms. The molecule has 1 heterocycles. The first-order valence-corrected chi connectivity index (χ1v) is 13.9. The average Bonchev–Trinajstić information content (AvgIpc) is 3.65. The summed E-state index contributed by atoms with van der Waals surface area (Å²) in [6, 6.07) is 12.7. The van der Waals surface area contributed by atoms with Crippen molar-refractivity contribution in [1.29, 1.82) is 0 Å². The lowest BCUT2D eigenvalue weighted by atomic mass is 9.85. The number of aromatic hydroxyl groups is 1. The molecular weight excluding hydrogens is 502 g/mol. The summed E-state index contributed by atoms with van der Waals surface area (Å²) in [6.07, 6.45) is 4.78. The number of anilines is 1. The molecule has 2 aliphatic rings. The Morgan fingerprint density at radius 1 is 1.00 bits per heavy atom. The number of nitrogens with one attached hydrogen (secondary N) is 1. The van der Waals surface area contributed by atoms with Gasteiger partial charge in [-0.1, -0.05) is 36.2 Å². The van der Waals surface area contributed by atoms with Crippen LogP contribution in [0.5, 0.6) is 5.75 Å². The van der Waals surface area contributed by atoms with Gasteiger partial charge in [-0.2, -0.15) is 0 Å². The number of halogens is 1. The van der Waals surface area contributed by atoms with E-state index in [0.717, 1.165) is 32.1 Å². The van der Waals surface area contributed by atoms with Crippen LogP contribution >= 0.6 is 11.6 Å². The van der Waals surface area contributed by atoms with Crippen molar-refractivity contribution in [1.82, 2.24) is 0 Å². The number of aryl methyl sites for hydroxylation is 1. The maximum Gasteiger partial charge on any atom is 0.343 e. The van der Waals surface area contributed by atoms with Crippen LogP contribution in [0.2, 0.25) is 5.02 Å². The quantitative estimate of drug-likeness (QED) is 0.429. The lowest BCUT2D eigenvalue weighted by molar-refractivity contribution is 0.0968. The summed E-state index contributed by atoms with van der Waals surface area (Å²) in [7, 11) is -3.90. The Morgan fingerprint density at radius 3 is 2.50 bits per heavy atom. The maximum absolute atomic E-state index is 13.1. The zero-order valence-corrected chi connectivity index (χ0v) is 21.1. The topological polar surface area (TPSA) is 114 Å². The van der Waals surface area contributed by atoms with E-state index in [1.807, 2.05) is 0 Å². The Bertz CT molecular complexity index is 1490. The highest BCUT2D eigenvalue weighted by Gasteiger charge is 2.39. The Balaban J connectivity index is 1.55. The lowest BCUT2D eigenvalue weighted by Crippen LogP contribution is -2.21. The molecule has 0 radical (unpaired) electrons. The Morgan fingerprint density at radius 2 is 1.75 bits per heavy atom. The third-order valence-electron chi connectivity index (χ3n) is 6.80.